The lowest BCUT2D eigenvalue weighted by Gasteiger charge is -2.18. The van der Waals surface area contributed by atoms with E-state index in [1.54, 1.807) is 0 Å². The van der Waals surface area contributed by atoms with Gasteiger partial charge in [0.15, 0.2) is 0 Å². The highest BCUT2D eigenvalue weighted by Gasteiger charge is 2.15. The van der Waals surface area contributed by atoms with Crippen molar-refractivity contribution in [1.29, 1.82) is 0 Å². The Morgan fingerprint density at radius 1 is 1.13 bits per heavy atom. The first kappa shape index (κ1) is 22.5. The van der Waals surface area contributed by atoms with Crippen molar-refractivity contribution in [2.24, 2.45) is 0 Å². The maximum atomic E-state index is 8.88. The van der Waals surface area contributed by atoms with Crippen LogP contribution in [-0.4, -0.2) is 34.0 Å². The number of ether oxygens (including phenoxy) is 1. The Hall–Kier alpha value is -0.510. The van der Waals surface area contributed by atoms with Gasteiger partial charge in [-0.05, 0) is 35.9 Å². The zero-order chi connectivity index (χ0) is 17.6. The van der Waals surface area contributed by atoms with Gasteiger partial charge in [0.2, 0.25) is 0 Å². The van der Waals surface area contributed by atoms with E-state index in [4.69, 9.17) is 33.8 Å². The van der Waals surface area contributed by atoms with Gasteiger partial charge in [0.1, 0.15) is 13.2 Å². The van der Waals surface area contributed by atoms with Crippen LogP contribution in [0.25, 0.3) is 0 Å². The van der Waals surface area contributed by atoms with Gasteiger partial charge < -0.3 is 19.4 Å². The lowest BCUT2D eigenvalue weighted by molar-refractivity contribution is -0.642. The second-order valence-corrected chi connectivity index (χ2v) is 5.81. The van der Waals surface area contributed by atoms with Gasteiger partial charge in [-0.15, -0.1) is 0 Å². The molecule has 0 bridgehead atoms. The van der Waals surface area contributed by atoms with E-state index in [9.17, 15) is 0 Å². The predicted molar refractivity (Wildman–Crippen MR) is 80.3 cm³/mol. The van der Waals surface area contributed by atoms with Crippen molar-refractivity contribution in [2.75, 3.05) is 13.2 Å². The van der Waals surface area contributed by atoms with Gasteiger partial charge in [-0.25, -0.2) is 14.3 Å². The first-order valence-corrected chi connectivity index (χ1v) is 9.11. The maximum absolute atomic E-state index is 8.88. The molecular formula is C13H27O9P. The highest BCUT2D eigenvalue weighted by atomic mass is 31.2. The molecule has 1 aliphatic carbocycles. The summed E-state index contributed by atoms with van der Waals surface area (Å²) in [7, 11) is -4.64. The van der Waals surface area contributed by atoms with Crippen molar-refractivity contribution in [1.82, 2.24) is 0 Å². The quantitative estimate of drug-likeness (QED) is 0.187. The predicted octanol–water partition coefficient (Wildman–Crippen LogP) is 2.53. The van der Waals surface area contributed by atoms with Gasteiger partial charge in [0.05, 0.1) is 11.9 Å². The molecular weight excluding hydrogens is 331 g/mol. The summed E-state index contributed by atoms with van der Waals surface area (Å²) in [4.78, 5) is 31.4. The van der Waals surface area contributed by atoms with E-state index in [1.165, 1.54) is 19.3 Å². The largest absolute Gasteiger partial charge is 0.496 e. The number of hydrogen-bond acceptors (Lipinski definition) is 6. The average Bonchev–Trinajstić information content (AvgIpc) is 2.49. The summed E-state index contributed by atoms with van der Waals surface area (Å²) in [5, 5.41) is 9.00. The van der Waals surface area contributed by atoms with Gasteiger partial charge in [-0.2, -0.15) is 0 Å². The minimum absolute atomic E-state index is 0.133. The number of phosphoric acid groups is 1. The fourth-order valence-electron chi connectivity index (χ4n) is 1.88. The molecule has 0 aromatic carbocycles. The molecule has 23 heavy (non-hydrogen) atoms. The Balaban J connectivity index is 0.000000841. The molecule has 3 N–H and O–H groups in total. The molecule has 0 spiro atoms. The molecule has 0 atom stereocenters. The summed E-state index contributed by atoms with van der Waals surface area (Å²) in [5.74, 6) is 0.943. The summed E-state index contributed by atoms with van der Waals surface area (Å²) in [6.45, 7) is 4.71. The Labute approximate surface area is 136 Å². The summed E-state index contributed by atoms with van der Waals surface area (Å²) in [6, 6.07) is 0. The molecule has 1 rings (SSSR count). The lowest BCUT2D eigenvalue weighted by Crippen LogP contribution is -2.17. The van der Waals surface area contributed by atoms with Crippen molar-refractivity contribution < 1.29 is 43.8 Å². The van der Waals surface area contributed by atoms with E-state index in [0.29, 0.717) is 13.2 Å². The topological polar surface area (TPSA) is 124 Å². The first-order chi connectivity index (χ1) is 10.9. The Kier molecular flexibility index (Phi) is 13.6. The normalized spacial score (nSPS) is 16.7. The second-order valence-electron chi connectivity index (χ2n) is 4.78. The van der Waals surface area contributed by atoms with E-state index in [1.807, 2.05) is 19.9 Å². The molecule has 0 aromatic heterocycles. The van der Waals surface area contributed by atoms with Crippen LogP contribution in [0, 0.1) is 0 Å². The van der Waals surface area contributed by atoms with E-state index in [2.05, 4.69) is 10.1 Å². The van der Waals surface area contributed by atoms with Gasteiger partial charge in [0.25, 0.3) is 0 Å². The van der Waals surface area contributed by atoms with Gasteiger partial charge in [-0.3, -0.25) is 0 Å². The number of hydrogen-bond donors (Lipinski definition) is 3. The number of rotatable bonds is 9. The molecule has 1 aliphatic rings. The fourth-order valence-corrected chi connectivity index (χ4v) is 1.88. The first-order valence-electron chi connectivity index (χ1n) is 7.54. The van der Waals surface area contributed by atoms with Crippen LogP contribution in [0.4, 0.5) is 0 Å². The molecule has 0 unspecified atom stereocenters. The molecule has 0 radical (unpaired) electrons. The van der Waals surface area contributed by atoms with Crippen LogP contribution in [0.5, 0.6) is 0 Å². The summed E-state index contributed by atoms with van der Waals surface area (Å²) < 4.78 is 14.3. The molecule has 0 heterocycles. The third-order valence-corrected chi connectivity index (χ3v) is 2.93. The Morgan fingerprint density at radius 3 is 2.26 bits per heavy atom. The highest BCUT2D eigenvalue weighted by Crippen LogP contribution is 2.25. The minimum Gasteiger partial charge on any atom is -0.496 e. The lowest BCUT2D eigenvalue weighted by atomic mass is 9.98. The van der Waals surface area contributed by atoms with Crippen molar-refractivity contribution in [2.45, 2.75) is 58.5 Å². The number of allylic oxidation sites excluding steroid dienone is 2. The van der Waals surface area contributed by atoms with Crippen LogP contribution < -0.4 is 0 Å². The van der Waals surface area contributed by atoms with Gasteiger partial charge >= 0.3 is 7.82 Å². The zero-order valence-corrected chi connectivity index (χ0v) is 14.4. The third-order valence-electron chi connectivity index (χ3n) is 2.93. The minimum atomic E-state index is -4.64. The molecule has 0 amide bonds. The molecule has 9 nitrogen and oxygen atoms in total. The van der Waals surface area contributed by atoms with Crippen LogP contribution in [-0.2, 0) is 29.2 Å². The van der Waals surface area contributed by atoms with Crippen molar-refractivity contribution in [3.8, 4) is 0 Å². The third kappa shape index (κ3) is 17.7. The second kappa shape index (κ2) is 13.9. The molecule has 1 fully saturated rings. The molecule has 0 aromatic rings. The summed E-state index contributed by atoms with van der Waals surface area (Å²) >= 11 is 0. The molecule has 138 valence electrons. The summed E-state index contributed by atoms with van der Waals surface area (Å²) in [5.41, 5.74) is 0. The maximum Gasteiger partial charge on any atom is 0.466 e. The van der Waals surface area contributed by atoms with Crippen LogP contribution in [0.15, 0.2) is 11.8 Å². The smallest absolute Gasteiger partial charge is 0.466 e. The van der Waals surface area contributed by atoms with Crippen LogP contribution in [0.1, 0.15) is 52.4 Å². The van der Waals surface area contributed by atoms with Crippen LogP contribution in [0.2, 0.25) is 0 Å². The van der Waals surface area contributed by atoms with Crippen LogP contribution >= 0.6 is 7.82 Å². The highest BCUT2D eigenvalue weighted by molar-refractivity contribution is 7.45. The Morgan fingerprint density at radius 2 is 1.74 bits per heavy atom. The van der Waals surface area contributed by atoms with Crippen molar-refractivity contribution in [3.05, 3.63) is 11.8 Å². The van der Waals surface area contributed by atoms with E-state index >= 15 is 0 Å². The summed E-state index contributed by atoms with van der Waals surface area (Å²) in [6.07, 6.45) is 8.63. The van der Waals surface area contributed by atoms with Crippen LogP contribution in [0.3, 0.4) is 0 Å². The SMILES string of the molecule is CC=C(CC)OCCOOOOC1CCCCC1.O=P(O)(O)O. The zero-order valence-electron chi connectivity index (χ0n) is 13.5. The molecule has 0 saturated heterocycles. The average molecular weight is 358 g/mol. The monoisotopic (exact) mass is 358 g/mol. The molecule has 0 aliphatic heterocycles. The molecule has 1 saturated carbocycles. The standard InChI is InChI=1S/C13H24O5.H3O4P/c1-3-12(4-2)14-10-11-15-17-18-16-13-8-6-5-7-9-13;1-5(2,3)4/h3,13H,4-11H2,1-2H3;(H3,1,2,3,4). The van der Waals surface area contributed by atoms with Gasteiger partial charge in [0, 0.05) is 6.42 Å². The van der Waals surface area contributed by atoms with E-state index in [-0.39, 0.29) is 6.10 Å². The molecule has 10 heteroatoms. The van der Waals surface area contributed by atoms with Gasteiger partial charge in [-0.1, -0.05) is 26.2 Å². The fraction of sp³-hybridized carbons (Fsp3) is 0.846. The van der Waals surface area contributed by atoms with Crippen molar-refractivity contribution >= 4 is 7.82 Å². The Bertz CT molecular complexity index is 341. The van der Waals surface area contributed by atoms with E-state index < -0.39 is 7.82 Å². The van der Waals surface area contributed by atoms with E-state index in [0.717, 1.165) is 25.0 Å². The van der Waals surface area contributed by atoms with Crippen molar-refractivity contribution in [3.63, 3.8) is 0 Å².